The Labute approximate surface area is 351 Å². The summed E-state index contributed by atoms with van der Waals surface area (Å²) in [6, 6.07) is 72.6. The Balaban J connectivity index is 1.20. The Hall–Kier alpha value is -7.16. The Morgan fingerprint density at radius 3 is 1.70 bits per heavy atom. The van der Waals surface area contributed by atoms with Crippen LogP contribution in [-0.4, -0.2) is 4.57 Å². The summed E-state index contributed by atoms with van der Waals surface area (Å²) in [6.07, 6.45) is 0. The first-order valence-corrected chi connectivity index (χ1v) is 21.2. The summed E-state index contributed by atoms with van der Waals surface area (Å²) in [6.45, 7) is 9.48. The summed E-state index contributed by atoms with van der Waals surface area (Å²) >= 11 is 0. The lowest BCUT2D eigenvalue weighted by Crippen LogP contribution is -2.17. The molecule has 2 aliphatic rings. The summed E-state index contributed by atoms with van der Waals surface area (Å²) in [5, 5.41) is 4.98. The van der Waals surface area contributed by atoms with Gasteiger partial charge in [-0.05, 0) is 109 Å². The van der Waals surface area contributed by atoms with E-state index in [2.05, 4.69) is 231 Å². The van der Waals surface area contributed by atoms with Crippen LogP contribution in [0.25, 0.3) is 71.6 Å². The van der Waals surface area contributed by atoms with Gasteiger partial charge < -0.3 is 9.47 Å². The van der Waals surface area contributed by atoms with Crippen molar-refractivity contribution in [3.8, 4) is 39.1 Å². The number of rotatable bonds is 5. The van der Waals surface area contributed by atoms with Gasteiger partial charge >= 0.3 is 0 Å². The molecule has 12 rings (SSSR count). The molecule has 2 nitrogen and oxygen atoms in total. The number of anilines is 3. The van der Waals surface area contributed by atoms with Gasteiger partial charge in [-0.1, -0.05) is 173 Å². The van der Waals surface area contributed by atoms with Crippen LogP contribution in [0.4, 0.5) is 17.1 Å². The molecule has 0 spiro atoms. The van der Waals surface area contributed by atoms with Crippen LogP contribution in [0.2, 0.25) is 0 Å². The number of aromatic nitrogens is 1. The van der Waals surface area contributed by atoms with E-state index in [-0.39, 0.29) is 10.8 Å². The molecule has 1 heterocycles. The maximum atomic E-state index is 2.55. The average Bonchev–Trinajstić information content (AvgIpc) is 3.83. The highest BCUT2D eigenvalue weighted by Gasteiger charge is 2.39. The highest BCUT2D eigenvalue weighted by atomic mass is 15.1. The van der Waals surface area contributed by atoms with Gasteiger partial charge in [0.1, 0.15) is 0 Å². The molecule has 60 heavy (non-hydrogen) atoms. The number of nitrogens with zero attached hydrogens (tertiary/aromatic N) is 2. The molecule has 0 N–H and O–H groups in total. The molecule has 0 saturated carbocycles. The third-order valence-corrected chi connectivity index (χ3v) is 13.8. The first-order chi connectivity index (χ1) is 29.3. The predicted molar refractivity (Wildman–Crippen MR) is 254 cm³/mol. The summed E-state index contributed by atoms with van der Waals surface area (Å²) < 4.78 is 2.47. The lowest BCUT2D eigenvalue weighted by Gasteiger charge is -2.31. The molecule has 0 unspecified atom stereocenters. The lowest BCUT2D eigenvalue weighted by atomic mass is 9.82. The standard InChI is InChI=1S/C58H44N2/c1-57(2)49-25-11-7-20-44(49)48-36-39(31-32-51(48)57)59(55-30-16-27-52-56(55)47-23-8-12-26-50(47)58(52,3)4)40-33-38(43-24-15-18-37-17-5-6-19-42(37)43)34-41(35-40)60-53-28-13-9-21-45(53)46-22-10-14-29-54(46)60/h5-36H,1-4H3. The highest BCUT2D eigenvalue weighted by molar-refractivity contribution is 6.10. The Bertz CT molecular complexity index is 3340. The van der Waals surface area contributed by atoms with Crippen molar-refractivity contribution in [1.29, 1.82) is 0 Å². The van der Waals surface area contributed by atoms with Gasteiger partial charge in [-0.25, -0.2) is 0 Å². The number of hydrogen-bond acceptors (Lipinski definition) is 1. The molecule has 1 aromatic heterocycles. The number of para-hydroxylation sites is 2. The molecule has 0 atom stereocenters. The van der Waals surface area contributed by atoms with E-state index in [1.165, 1.54) is 93.9 Å². The van der Waals surface area contributed by atoms with Crippen molar-refractivity contribution in [3.05, 3.63) is 216 Å². The van der Waals surface area contributed by atoms with Gasteiger partial charge in [0, 0.05) is 44.2 Å². The first-order valence-electron chi connectivity index (χ1n) is 21.2. The molecule has 9 aromatic carbocycles. The van der Waals surface area contributed by atoms with Gasteiger partial charge in [-0.3, -0.25) is 0 Å². The van der Waals surface area contributed by atoms with Crippen LogP contribution in [0.1, 0.15) is 49.9 Å². The van der Waals surface area contributed by atoms with Gasteiger partial charge in [-0.15, -0.1) is 0 Å². The van der Waals surface area contributed by atoms with Crippen LogP contribution in [0.15, 0.2) is 194 Å². The first kappa shape index (κ1) is 34.8. The van der Waals surface area contributed by atoms with E-state index in [0.717, 1.165) is 17.1 Å². The largest absolute Gasteiger partial charge is 0.310 e. The molecule has 0 saturated heterocycles. The van der Waals surface area contributed by atoms with E-state index in [1.54, 1.807) is 0 Å². The molecular weight excluding hydrogens is 725 g/mol. The SMILES string of the molecule is CC1(C)c2ccccc2-c2cc(N(c3cc(-c4cccc5ccccc45)cc(-n4c5ccccc5c5ccccc54)c3)c3cccc4c3-c3ccccc3C4(C)C)ccc21. The van der Waals surface area contributed by atoms with Gasteiger partial charge in [0.2, 0.25) is 0 Å². The monoisotopic (exact) mass is 768 g/mol. The zero-order chi connectivity index (χ0) is 40.3. The van der Waals surface area contributed by atoms with Gasteiger partial charge in [0.25, 0.3) is 0 Å². The zero-order valence-electron chi connectivity index (χ0n) is 34.4. The summed E-state index contributed by atoms with van der Waals surface area (Å²) in [7, 11) is 0. The predicted octanol–water partition coefficient (Wildman–Crippen LogP) is 15.7. The third-order valence-electron chi connectivity index (χ3n) is 13.8. The molecule has 286 valence electrons. The summed E-state index contributed by atoms with van der Waals surface area (Å²) in [5.41, 5.74) is 19.8. The van der Waals surface area contributed by atoms with Crippen LogP contribution in [0.3, 0.4) is 0 Å². The van der Waals surface area contributed by atoms with E-state index in [9.17, 15) is 0 Å². The fraction of sp³-hybridized carbons (Fsp3) is 0.103. The van der Waals surface area contributed by atoms with Crippen LogP contribution < -0.4 is 4.90 Å². The van der Waals surface area contributed by atoms with E-state index in [1.807, 2.05) is 0 Å². The van der Waals surface area contributed by atoms with Crippen molar-refractivity contribution < 1.29 is 0 Å². The molecule has 0 bridgehead atoms. The van der Waals surface area contributed by atoms with Crippen molar-refractivity contribution in [3.63, 3.8) is 0 Å². The number of fused-ring (bicyclic) bond motifs is 10. The Kier molecular flexibility index (Phi) is 7.36. The smallest absolute Gasteiger partial charge is 0.0543 e. The van der Waals surface area contributed by atoms with Crippen LogP contribution >= 0.6 is 0 Å². The van der Waals surface area contributed by atoms with E-state index in [0.29, 0.717) is 0 Å². The van der Waals surface area contributed by atoms with Crippen molar-refractivity contribution in [1.82, 2.24) is 4.57 Å². The topological polar surface area (TPSA) is 8.17 Å². The van der Waals surface area contributed by atoms with E-state index >= 15 is 0 Å². The number of hydrogen-bond donors (Lipinski definition) is 0. The van der Waals surface area contributed by atoms with Gasteiger partial charge in [0.15, 0.2) is 0 Å². The van der Waals surface area contributed by atoms with Crippen molar-refractivity contribution in [2.45, 2.75) is 38.5 Å². The van der Waals surface area contributed by atoms with Crippen molar-refractivity contribution >= 4 is 49.6 Å². The molecule has 0 fully saturated rings. The minimum Gasteiger partial charge on any atom is -0.310 e. The summed E-state index contributed by atoms with van der Waals surface area (Å²) in [5.74, 6) is 0. The Morgan fingerprint density at radius 1 is 0.383 bits per heavy atom. The van der Waals surface area contributed by atoms with Crippen LogP contribution in [0.5, 0.6) is 0 Å². The summed E-state index contributed by atoms with van der Waals surface area (Å²) in [4.78, 5) is 2.55. The second kappa shape index (κ2) is 12.7. The molecule has 2 heteroatoms. The van der Waals surface area contributed by atoms with E-state index < -0.39 is 0 Å². The lowest BCUT2D eigenvalue weighted by molar-refractivity contribution is 0.660. The Morgan fingerprint density at radius 2 is 0.933 bits per heavy atom. The minimum absolute atomic E-state index is 0.0930. The van der Waals surface area contributed by atoms with Gasteiger partial charge in [-0.2, -0.15) is 0 Å². The number of benzene rings is 9. The molecule has 0 aliphatic heterocycles. The normalized spacial score (nSPS) is 14.3. The second-order valence-electron chi connectivity index (χ2n) is 17.7. The fourth-order valence-electron chi connectivity index (χ4n) is 10.9. The third kappa shape index (κ3) is 4.88. The molecule has 10 aromatic rings. The average molecular weight is 769 g/mol. The highest BCUT2D eigenvalue weighted by Crippen LogP contribution is 2.56. The molecule has 2 aliphatic carbocycles. The van der Waals surface area contributed by atoms with E-state index in [4.69, 9.17) is 0 Å². The van der Waals surface area contributed by atoms with Crippen molar-refractivity contribution in [2.75, 3.05) is 4.90 Å². The van der Waals surface area contributed by atoms with Crippen LogP contribution in [-0.2, 0) is 10.8 Å². The van der Waals surface area contributed by atoms with Crippen molar-refractivity contribution in [2.24, 2.45) is 0 Å². The minimum atomic E-state index is -0.145. The van der Waals surface area contributed by atoms with Gasteiger partial charge in [0.05, 0.1) is 16.7 Å². The fourth-order valence-corrected chi connectivity index (χ4v) is 10.9. The second-order valence-corrected chi connectivity index (χ2v) is 17.7. The maximum Gasteiger partial charge on any atom is 0.0543 e. The quantitative estimate of drug-likeness (QED) is 0.169. The zero-order valence-corrected chi connectivity index (χ0v) is 34.4. The molecule has 0 amide bonds. The molecular formula is C58H44N2. The molecule has 0 radical (unpaired) electrons. The van der Waals surface area contributed by atoms with Crippen LogP contribution in [0, 0.1) is 0 Å². The maximum absolute atomic E-state index is 2.55.